The molecule has 0 N–H and O–H groups in total. The van der Waals surface area contributed by atoms with Crippen LogP contribution >= 0.6 is 0 Å². The Labute approximate surface area is 108 Å². The summed E-state index contributed by atoms with van der Waals surface area (Å²) in [6.45, 7) is 0. The average molecular weight is 255 g/mol. The Bertz CT molecular complexity index is 756. The zero-order chi connectivity index (χ0) is 14.0. The van der Waals surface area contributed by atoms with Gasteiger partial charge in [-0.25, -0.2) is 0 Å². The fourth-order valence-electron chi connectivity index (χ4n) is 1.79. The highest BCUT2D eigenvalue weighted by Crippen LogP contribution is 2.22. The van der Waals surface area contributed by atoms with E-state index in [1.807, 2.05) is 0 Å². The number of nitriles is 1. The summed E-state index contributed by atoms with van der Waals surface area (Å²) in [7, 11) is 1.53. The fourth-order valence-corrected chi connectivity index (χ4v) is 1.79. The van der Waals surface area contributed by atoms with Crippen LogP contribution in [0.3, 0.4) is 0 Å². The maximum Gasteiger partial charge on any atom is 0.270 e. The molecule has 0 aliphatic heterocycles. The molecule has 0 unspecified atom stereocenters. The van der Waals surface area contributed by atoms with Crippen molar-refractivity contribution in [1.29, 1.82) is 5.26 Å². The van der Waals surface area contributed by atoms with Crippen molar-refractivity contribution in [2.24, 2.45) is 7.05 Å². The zero-order valence-corrected chi connectivity index (χ0v) is 10.0. The van der Waals surface area contributed by atoms with E-state index in [1.165, 1.54) is 29.8 Å². The Morgan fingerprint density at radius 1 is 1.32 bits per heavy atom. The van der Waals surface area contributed by atoms with E-state index in [1.54, 1.807) is 24.3 Å². The molecule has 0 spiro atoms. The lowest BCUT2D eigenvalue weighted by Gasteiger charge is -2.08. The van der Waals surface area contributed by atoms with Gasteiger partial charge in [-0.1, -0.05) is 12.1 Å². The second-order valence-electron chi connectivity index (χ2n) is 3.92. The van der Waals surface area contributed by atoms with Crippen LogP contribution in [0.25, 0.3) is 11.3 Å². The van der Waals surface area contributed by atoms with Crippen LogP contribution < -0.4 is 5.56 Å². The van der Waals surface area contributed by atoms with Crippen molar-refractivity contribution >= 4 is 5.69 Å². The van der Waals surface area contributed by atoms with Crippen molar-refractivity contribution in [2.45, 2.75) is 0 Å². The molecule has 6 heteroatoms. The molecule has 0 saturated heterocycles. The molecule has 19 heavy (non-hydrogen) atoms. The first-order valence-electron chi connectivity index (χ1n) is 5.39. The van der Waals surface area contributed by atoms with Crippen LogP contribution in [-0.2, 0) is 7.05 Å². The van der Waals surface area contributed by atoms with E-state index in [4.69, 9.17) is 5.26 Å². The van der Waals surface area contributed by atoms with E-state index in [2.05, 4.69) is 0 Å². The number of non-ortho nitro benzene ring substituents is 1. The first kappa shape index (κ1) is 12.5. The normalized spacial score (nSPS) is 9.89. The van der Waals surface area contributed by atoms with Crippen molar-refractivity contribution in [3.8, 4) is 17.3 Å². The van der Waals surface area contributed by atoms with Gasteiger partial charge in [-0.2, -0.15) is 5.26 Å². The Kier molecular flexibility index (Phi) is 3.12. The summed E-state index contributed by atoms with van der Waals surface area (Å²) < 4.78 is 1.30. The third kappa shape index (κ3) is 2.21. The van der Waals surface area contributed by atoms with E-state index in [0.717, 1.165) is 0 Å². The van der Waals surface area contributed by atoms with E-state index in [9.17, 15) is 14.9 Å². The van der Waals surface area contributed by atoms with Crippen LogP contribution in [0.5, 0.6) is 0 Å². The molecule has 0 aliphatic carbocycles. The molecule has 6 nitrogen and oxygen atoms in total. The first-order valence-corrected chi connectivity index (χ1v) is 5.39. The van der Waals surface area contributed by atoms with Gasteiger partial charge >= 0.3 is 0 Å². The van der Waals surface area contributed by atoms with Gasteiger partial charge in [-0.3, -0.25) is 14.9 Å². The smallest absolute Gasteiger partial charge is 0.270 e. The predicted molar refractivity (Wildman–Crippen MR) is 68.5 cm³/mol. The van der Waals surface area contributed by atoms with Crippen molar-refractivity contribution < 1.29 is 4.92 Å². The molecule has 1 aromatic heterocycles. The Hall–Kier alpha value is -2.94. The summed E-state index contributed by atoms with van der Waals surface area (Å²) in [5.41, 5.74) is 0.642. The van der Waals surface area contributed by atoms with Gasteiger partial charge in [0.05, 0.1) is 10.6 Å². The lowest BCUT2D eigenvalue weighted by molar-refractivity contribution is -0.384. The van der Waals surface area contributed by atoms with Gasteiger partial charge in [0.1, 0.15) is 11.6 Å². The molecule has 0 aliphatic rings. The minimum Gasteiger partial charge on any atom is -0.310 e. The zero-order valence-electron chi connectivity index (χ0n) is 10.0. The number of nitro benzene ring substituents is 1. The number of benzene rings is 1. The number of nitro groups is 1. The average Bonchev–Trinajstić information content (AvgIpc) is 2.42. The second-order valence-corrected chi connectivity index (χ2v) is 3.92. The summed E-state index contributed by atoms with van der Waals surface area (Å²) in [6, 6.07) is 10.8. The van der Waals surface area contributed by atoms with E-state index >= 15 is 0 Å². The van der Waals surface area contributed by atoms with Crippen molar-refractivity contribution in [3.05, 3.63) is 62.4 Å². The van der Waals surface area contributed by atoms with E-state index in [0.29, 0.717) is 11.3 Å². The number of rotatable bonds is 2. The van der Waals surface area contributed by atoms with Crippen LogP contribution in [0, 0.1) is 21.4 Å². The number of hydrogen-bond acceptors (Lipinski definition) is 4. The lowest BCUT2D eigenvalue weighted by atomic mass is 10.1. The number of aromatic nitrogens is 1. The Morgan fingerprint density at radius 3 is 2.68 bits per heavy atom. The summed E-state index contributed by atoms with van der Waals surface area (Å²) in [5.74, 6) is 0. The van der Waals surface area contributed by atoms with Crippen LogP contribution in [0.4, 0.5) is 5.69 Å². The van der Waals surface area contributed by atoms with Crippen molar-refractivity contribution in [2.75, 3.05) is 0 Å². The highest BCUT2D eigenvalue weighted by Gasteiger charge is 2.11. The monoisotopic (exact) mass is 255 g/mol. The standard InChI is InChI=1S/C13H9N3O3/c1-15-12(6-5-10(8-14)13(15)17)9-3-2-4-11(7-9)16(18)19/h2-7H,1H3. The van der Waals surface area contributed by atoms with Gasteiger partial charge in [-0.15, -0.1) is 0 Å². The molecule has 1 aromatic carbocycles. The van der Waals surface area contributed by atoms with Crippen molar-refractivity contribution in [1.82, 2.24) is 4.57 Å². The number of hydrogen-bond donors (Lipinski definition) is 0. The third-order valence-corrected chi connectivity index (χ3v) is 2.78. The molecular formula is C13H9N3O3. The molecular weight excluding hydrogens is 246 g/mol. The van der Waals surface area contributed by atoms with Gasteiger partial charge in [0, 0.05) is 24.7 Å². The minimum absolute atomic E-state index is 0.0386. The SMILES string of the molecule is Cn1c(-c2cccc([N+](=O)[O-])c2)ccc(C#N)c1=O. The molecule has 2 aromatic rings. The molecule has 2 rings (SSSR count). The Balaban J connectivity index is 2.64. The van der Waals surface area contributed by atoms with Crippen molar-refractivity contribution in [3.63, 3.8) is 0 Å². The molecule has 0 atom stereocenters. The number of pyridine rings is 1. The number of nitrogens with zero attached hydrogens (tertiary/aromatic N) is 3. The predicted octanol–water partition coefficient (Wildman–Crippen LogP) is 1.83. The van der Waals surface area contributed by atoms with Gasteiger partial charge in [0.25, 0.3) is 11.2 Å². The molecule has 0 fully saturated rings. The highest BCUT2D eigenvalue weighted by molar-refractivity contribution is 5.63. The largest absolute Gasteiger partial charge is 0.310 e. The van der Waals surface area contributed by atoms with Crippen LogP contribution in [0.2, 0.25) is 0 Å². The van der Waals surface area contributed by atoms with Crippen LogP contribution in [0.1, 0.15) is 5.56 Å². The summed E-state index contributed by atoms with van der Waals surface area (Å²) in [4.78, 5) is 22.1. The van der Waals surface area contributed by atoms with Gasteiger partial charge in [0.2, 0.25) is 0 Å². The molecule has 0 radical (unpaired) electrons. The van der Waals surface area contributed by atoms with Gasteiger partial charge < -0.3 is 4.57 Å². The minimum atomic E-state index is -0.495. The summed E-state index contributed by atoms with van der Waals surface area (Å²) in [5, 5.41) is 19.5. The molecule has 94 valence electrons. The quantitative estimate of drug-likeness (QED) is 0.604. The summed E-state index contributed by atoms with van der Waals surface area (Å²) >= 11 is 0. The maximum absolute atomic E-state index is 11.8. The Morgan fingerprint density at radius 2 is 2.05 bits per heavy atom. The second kappa shape index (κ2) is 4.74. The molecule has 0 amide bonds. The van der Waals surface area contributed by atoms with E-state index in [-0.39, 0.29) is 11.3 Å². The molecule has 0 saturated carbocycles. The van der Waals surface area contributed by atoms with Gasteiger partial charge in [0.15, 0.2) is 0 Å². The van der Waals surface area contributed by atoms with Crippen LogP contribution in [0.15, 0.2) is 41.2 Å². The fraction of sp³-hybridized carbons (Fsp3) is 0.0769. The first-order chi connectivity index (χ1) is 9.04. The highest BCUT2D eigenvalue weighted by atomic mass is 16.6. The third-order valence-electron chi connectivity index (χ3n) is 2.78. The lowest BCUT2D eigenvalue weighted by Crippen LogP contribution is -2.20. The van der Waals surface area contributed by atoms with Gasteiger partial charge in [-0.05, 0) is 12.1 Å². The topological polar surface area (TPSA) is 88.9 Å². The maximum atomic E-state index is 11.8. The van der Waals surface area contributed by atoms with E-state index < -0.39 is 10.5 Å². The summed E-state index contributed by atoms with van der Waals surface area (Å²) in [6.07, 6.45) is 0. The molecule has 1 heterocycles. The molecule has 0 bridgehead atoms. The van der Waals surface area contributed by atoms with Crippen LogP contribution in [-0.4, -0.2) is 9.49 Å².